The number of benzene rings is 1. The van der Waals surface area contributed by atoms with Crippen LogP contribution in [0.25, 0.3) is 11.1 Å². The molecular formula is C29H34F2N6O2. The number of carbonyl (C=O) groups is 1. The highest BCUT2D eigenvalue weighted by Crippen LogP contribution is 2.43. The van der Waals surface area contributed by atoms with Crippen LogP contribution in [0.3, 0.4) is 0 Å². The predicted octanol–water partition coefficient (Wildman–Crippen LogP) is 4.81. The van der Waals surface area contributed by atoms with Crippen LogP contribution in [0.2, 0.25) is 0 Å². The van der Waals surface area contributed by atoms with Gasteiger partial charge in [-0.3, -0.25) is 14.2 Å². The van der Waals surface area contributed by atoms with Gasteiger partial charge in [-0.15, -0.1) is 12.8 Å². The van der Waals surface area contributed by atoms with Crippen molar-refractivity contribution in [1.29, 1.82) is 0 Å². The lowest BCUT2D eigenvalue weighted by atomic mass is 9.92. The maximum Gasteiger partial charge on any atom is 0.264 e. The summed E-state index contributed by atoms with van der Waals surface area (Å²) < 4.78 is 38.1. The molecule has 0 atom stereocenters. The first-order chi connectivity index (χ1) is 18.9. The molecule has 0 N–H and O–H groups in total. The summed E-state index contributed by atoms with van der Waals surface area (Å²) in [6, 6.07) is 3.80. The van der Waals surface area contributed by atoms with E-state index in [1.807, 2.05) is 11.0 Å². The maximum atomic E-state index is 14.4. The number of anilines is 2. The van der Waals surface area contributed by atoms with Gasteiger partial charge in [0.05, 0.1) is 18.8 Å². The molecule has 3 aromatic rings. The molecule has 206 valence electrons. The number of fused-ring (bicyclic) bond motifs is 2. The normalized spacial score (nSPS) is 17.4. The number of nitrogens with zero attached hydrogens (tertiary/aromatic N) is 6. The monoisotopic (exact) mass is 536 g/mol. The van der Waals surface area contributed by atoms with E-state index in [-0.39, 0.29) is 17.5 Å². The molecule has 1 saturated heterocycles. The second-order valence-corrected chi connectivity index (χ2v) is 10.3. The smallest absolute Gasteiger partial charge is 0.264 e. The number of terminal acetylenes is 1. The van der Waals surface area contributed by atoms with E-state index < -0.39 is 6.43 Å². The molecule has 3 aliphatic heterocycles. The third kappa shape index (κ3) is 5.03. The molecule has 0 radical (unpaired) electrons. The topological polar surface area (TPSA) is 68.4 Å². The summed E-state index contributed by atoms with van der Waals surface area (Å²) in [7, 11) is 1.79. The van der Waals surface area contributed by atoms with Crippen molar-refractivity contribution < 1.29 is 18.3 Å². The molecule has 5 heterocycles. The van der Waals surface area contributed by atoms with Crippen LogP contribution in [0, 0.1) is 12.8 Å². The first-order valence-corrected chi connectivity index (χ1v) is 13.4. The summed E-state index contributed by atoms with van der Waals surface area (Å²) >= 11 is 0. The Morgan fingerprint density at radius 3 is 2.59 bits per heavy atom. The molecule has 1 aromatic carbocycles. The molecule has 1 fully saturated rings. The van der Waals surface area contributed by atoms with E-state index in [1.54, 1.807) is 37.1 Å². The van der Waals surface area contributed by atoms with E-state index in [0.717, 1.165) is 60.4 Å². The highest BCUT2D eigenvalue weighted by Gasteiger charge is 2.34. The van der Waals surface area contributed by atoms with Crippen molar-refractivity contribution in [3.8, 4) is 24.0 Å². The summed E-state index contributed by atoms with van der Waals surface area (Å²) in [4.78, 5) is 16.2. The molecule has 8 nitrogen and oxygen atoms in total. The highest BCUT2D eigenvalue weighted by atomic mass is 19.3. The van der Waals surface area contributed by atoms with Crippen LogP contribution < -0.4 is 4.90 Å². The molecule has 3 aliphatic rings. The summed E-state index contributed by atoms with van der Waals surface area (Å²) in [6.07, 6.45) is 13.0. The van der Waals surface area contributed by atoms with E-state index >= 15 is 0 Å². The Morgan fingerprint density at radius 2 is 1.92 bits per heavy atom. The summed E-state index contributed by atoms with van der Waals surface area (Å²) in [6.45, 7) is 4.85. The molecule has 6 rings (SSSR count). The quantitative estimate of drug-likeness (QED) is 0.448. The van der Waals surface area contributed by atoms with Gasteiger partial charge in [0.1, 0.15) is 0 Å². The third-order valence-corrected chi connectivity index (χ3v) is 7.92. The number of amides is 1. The van der Waals surface area contributed by atoms with Gasteiger partial charge in [0.25, 0.3) is 6.43 Å². The van der Waals surface area contributed by atoms with Crippen molar-refractivity contribution in [3.05, 3.63) is 46.9 Å². The van der Waals surface area contributed by atoms with Gasteiger partial charge in [0.15, 0.2) is 5.82 Å². The van der Waals surface area contributed by atoms with Gasteiger partial charge in [0.2, 0.25) is 5.91 Å². The number of aromatic nitrogens is 4. The van der Waals surface area contributed by atoms with Gasteiger partial charge in [-0.1, -0.05) is 0 Å². The van der Waals surface area contributed by atoms with Gasteiger partial charge >= 0.3 is 0 Å². The van der Waals surface area contributed by atoms with Crippen LogP contribution in [0.5, 0.6) is 0 Å². The molecule has 0 unspecified atom stereocenters. The Labute approximate surface area is 227 Å². The largest absolute Gasteiger partial charge is 0.381 e. The fourth-order valence-electron chi connectivity index (χ4n) is 6.01. The summed E-state index contributed by atoms with van der Waals surface area (Å²) in [5, 5.41) is 9.33. The molecule has 10 heteroatoms. The number of ether oxygens (including phenoxy) is 1. The van der Waals surface area contributed by atoms with Crippen LogP contribution in [0.4, 0.5) is 20.3 Å². The van der Waals surface area contributed by atoms with Gasteiger partial charge in [0, 0.05) is 81.0 Å². The Bertz CT molecular complexity index is 1370. The number of carbonyl (C=O) groups excluding carboxylic acids is 1. The van der Waals surface area contributed by atoms with Crippen molar-refractivity contribution in [2.75, 3.05) is 31.2 Å². The number of aryl methyl sites for hydroxylation is 2. The standard InChI is InChI=1S/C27H32F2N6O2.C2H2/c1-17(36)33-9-5-24-23(16-33)27(31-35(24)20-6-10-37-11-7-20)34-8-3-4-18-12-21(19-14-30-32(2)15-19)22(26(28)29)13-25(18)34;1-2/h12-15,20,26H,3-11,16H2,1-2H3;1-2H. The van der Waals surface area contributed by atoms with Crippen molar-refractivity contribution in [2.45, 2.75) is 58.0 Å². The third-order valence-electron chi connectivity index (χ3n) is 7.92. The van der Waals surface area contributed by atoms with E-state index in [4.69, 9.17) is 9.84 Å². The van der Waals surface area contributed by atoms with Gasteiger partial charge in [-0.25, -0.2) is 8.78 Å². The lowest BCUT2D eigenvalue weighted by Crippen LogP contribution is -2.36. The van der Waals surface area contributed by atoms with Crippen LogP contribution in [0.15, 0.2) is 24.5 Å². The van der Waals surface area contributed by atoms with E-state index in [2.05, 4.69) is 27.5 Å². The Kier molecular flexibility index (Phi) is 7.71. The minimum atomic E-state index is -2.62. The van der Waals surface area contributed by atoms with Crippen LogP contribution in [-0.4, -0.2) is 56.7 Å². The molecule has 39 heavy (non-hydrogen) atoms. The van der Waals surface area contributed by atoms with E-state index in [1.165, 1.54) is 0 Å². The van der Waals surface area contributed by atoms with E-state index in [0.29, 0.717) is 44.0 Å². The number of rotatable bonds is 4. The molecule has 0 bridgehead atoms. The van der Waals surface area contributed by atoms with Crippen molar-refractivity contribution in [1.82, 2.24) is 24.5 Å². The lowest BCUT2D eigenvalue weighted by Gasteiger charge is -2.33. The average molecular weight is 537 g/mol. The van der Waals surface area contributed by atoms with Gasteiger partial charge in [-0.2, -0.15) is 10.2 Å². The lowest BCUT2D eigenvalue weighted by molar-refractivity contribution is -0.129. The first kappa shape index (κ1) is 26.9. The molecule has 1 amide bonds. The molecule has 0 saturated carbocycles. The zero-order valence-corrected chi connectivity index (χ0v) is 22.4. The summed E-state index contributed by atoms with van der Waals surface area (Å²) in [5.74, 6) is 0.832. The fraction of sp³-hybridized carbons (Fsp3) is 0.483. The van der Waals surface area contributed by atoms with Gasteiger partial charge < -0.3 is 14.5 Å². The second-order valence-electron chi connectivity index (χ2n) is 10.3. The maximum absolute atomic E-state index is 14.4. The fourth-order valence-corrected chi connectivity index (χ4v) is 6.01. The van der Waals surface area contributed by atoms with Crippen molar-refractivity contribution in [3.63, 3.8) is 0 Å². The highest BCUT2D eigenvalue weighted by molar-refractivity contribution is 5.78. The predicted molar refractivity (Wildman–Crippen MR) is 145 cm³/mol. The molecule has 2 aromatic heterocycles. The Hall–Kier alpha value is -3.71. The minimum absolute atomic E-state index is 0.00161. The number of hydrogen-bond donors (Lipinski definition) is 0. The van der Waals surface area contributed by atoms with Crippen LogP contribution in [0.1, 0.15) is 61.0 Å². The first-order valence-electron chi connectivity index (χ1n) is 13.4. The Morgan fingerprint density at radius 1 is 1.15 bits per heavy atom. The zero-order chi connectivity index (χ0) is 27.7. The van der Waals surface area contributed by atoms with Gasteiger partial charge in [-0.05, 0) is 48.9 Å². The number of halogens is 2. The van der Waals surface area contributed by atoms with Crippen LogP contribution in [-0.2, 0) is 36.0 Å². The number of alkyl halides is 2. The minimum Gasteiger partial charge on any atom is -0.381 e. The van der Waals surface area contributed by atoms with Crippen molar-refractivity contribution in [2.24, 2.45) is 7.05 Å². The summed E-state index contributed by atoms with van der Waals surface area (Å²) in [5.41, 5.74) is 5.24. The average Bonchev–Trinajstić information content (AvgIpc) is 3.57. The second kappa shape index (κ2) is 11.2. The molecular weight excluding hydrogens is 502 g/mol. The van der Waals surface area contributed by atoms with Crippen molar-refractivity contribution >= 4 is 17.4 Å². The zero-order valence-electron chi connectivity index (χ0n) is 22.4. The number of hydrogen-bond acceptors (Lipinski definition) is 5. The van der Waals surface area contributed by atoms with Crippen LogP contribution >= 0.6 is 0 Å². The Balaban J connectivity index is 0.00000151. The van der Waals surface area contributed by atoms with E-state index in [9.17, 15) is 13.6 Å². The molecule has 0 spiro atoms. The SMILES string of the molecule is C#C.CC(=O)N1CCc2c(c(N3CCCc4cc(-c5cnn(C)c5)c(C(F)F)cc43)nn2C2CCOCC2)C1. The molecule has 0 aliphatic carbocycles.